The molecule has 1 aromatic heterocycles. The minimum Gasteiger partial charge on any atom is -0.315 e. The number of nitrogens with one attached hydrogen (secondary N) is 2. The summed E-state index contributed by atoms with van der Waals surface area (Å²) in [6, 6.07) is 7.23. The molecule has 2 aromatic rings. The molecule has 0 fully saturated rings. The van der Waals surface area contributed by atoms with E-state index in [0.29, 0.717) is 17.1 Å². The predicted molar refractivity (Wildman–Crippen MR) is 83.8 cm³/mol. The van der Waals surface area contributed by atoms with Gasteiger partial charge in [0.25, 0.3) is 10.0 Å². The van der Waals surface area contributed by atoms with Crippen molar-refractivity contribution < 1.29 is 8.42 Å². The van der Waals surface area contributed by atoms with Crippen LogP contribution < -0.4 is 10.0 Å². The van der Waals surface area contributed by atoms with Crippen LogP contribution in [-0.4, -0.2) is 15.5 Å². The van der Waals surface area contributed by atoms with E-state index in [1.54, 1.807) is 17.5 Å². The van der Waals surface area contributed by atoms with E-state index in [9.17, 15) is 8.42 Å². The van der Waals surface area contributed by atoms with Gasteiger partial charge in [0.05, 0.1) is 4.90 Å². The fourth-order valence-electron chi connectivity index (χ4n) is 1.79. The standard InChI is InChI=1S/C14H18N2O2S2/c1-10-4-5-12(6-11(10)2)16-20(17,18)14-7-13(8-15-3)19-9-14/h4-7,9,15-16H,8H2,1-3H3. The highest BCUT2D eigenvalue weighted by Gasteiger charge is 2.16. The highest BCUT2D eigenvalue weighted by molar-refractivity contribution is 7.92. The van der Waals surface area contributed by atoms with Crippen molar-refractivity contribution in [3.8, 4) is 0 Å². The monoisotopic (exact) mass is 310 g/mol. The van der Waals surface area contributed by atoms with Gasteiger partial charge in [0.2, 0.25) is 0 Å². The molecule has 0 amide bonds. The summed E-state index contributed by atoms with van der Waals surface area (Å²) in [5.74, 6) is 0. The summed E-state index contributed by atoms with van der Waals surface area (Å²) in [5.41, 5.74) is 2.79. The lowest BCUT2D eigenvalue weighted by Gasteiger charge is -2.08. The van der Waals surface area contributed by atoms with Gasteiger partial charge in [-0.2, -0.15) is 0 Å². The molecule has 108 valence electrons. The lowest BCUT2D eigenvalue weighted by molar-refractivity contribution is 0.601. The van der Waals surface area contributed by atoms with Crippen LogP contribution in [0.2, 0.25) is 0 Å². The molecule has 0 saturated heterocycles. The molecule has 1 aromatic carbocycles. The lowest BCUT2D eigenvalue weighted by Crippen LogP contribution is -2.12. The second-order valence-corrected chi connectivity index (χ2v) is 7.36. The van der Waals surface area contributed by atoms with Crippen LogP contribution in [0, 0.1) is 13.8 Å². The molecule has 0 radical (unpaired) electrons. The topological polar surface area (TPSA) is 58.2 Å². The van der Waals surface area contributed by atoms with Crippen LogP contribution in [0.4, 0.5) is 5.69 Å². The molecule has 0 atom stereocenters. The molecule has 2 N–H and O–H groups in total. The van der Waals surface area contributed by atoms with Crippen LogP contribution in [0.3, 0.4) is 0 Å². The number of benzene rings is 1. The zero-order chi connectivity index (χ0) is 14.8. The van der Waals surface area contributed by atoms with Gasteiger partial charge < -0.3 is 5.32 Å². The van der Waals surface area contributed by atoms with Gasteiger partial charge in [-0.15, -0.1) is 11.3 Å². The van der Waals surface area contributed by atoms with E-state index in [1.807, 2.05) is 33.0 Å². The Labute approximate surface area is 123 Å². The highest BCUT2D eigenvalue weighted by atomic mass is 32.2. The Kier molecular flexibility index (Phi) is 4.47. The smallest absolute Gasteiger partial charge is 0.262 e. The highest BCUT2D eigenvalue weighted by Crippen LogP contribution is 2.23. The molecule has 0 spiro atoms. The summed E-state index contributed by atoms with van der Waals surface area (Å²) in [4.78, 5) is 1.30. The molecule has 6 heteroatoms. The maximum absolute atomic E-state index is 12.3. The molecular formula is C14H18N2O2S2. The van der Waals surface area contributed by atoms with Gasteiger partial charge in [-0.3, -0.25) is 4.72 Å². The minimum absolute atomic E-state index is 0.311. The van der Waals surface area contributed by atoms with Gasteiger partial charge in [0, 0.05) is 22.5 Å². The van der Waals surface area contributed by atoms with E-state index in [1.165, 1.54) is 11.3 Å². The van der Waals surface area contributed by atoms with Crippen molar-refractivity contribution in [3.63, 3.8) is 0 Å². The number of thiophene rings is 1. The molecule has 0 unspecified atom stereocenters. The summed E-state index contributed by atoms with van der Waals surface area (Å²) in [6.45, 7) is 4.63. The SMILES string of the molecule is CNCc1cc(S(=O)(=O)Nc2ccc(C)c(C)c2)cs1. The quantitative estimate of drug-likeness (QED) is 0.893. The van der Waals surface area contributed by atoms with Crippen LogP contribution in [0.15, 0.2) is 34.5 Å². The van der Waals surface area contributed by atoms with Crippen LogP contribution in [0.5, 0.6) is 0 Å². The van der Waals surface area contributed by atoms with Gasteiger partial charge in [-0.05, 0) is 50.2 Å². The Morgan fingerprint density at radius 2 is 1.90 bits per heavy atom. The van der Waals surface area contributed by atoms with Crippen molar-refractivity contribution in [3.05, 3.63) is 45.6 Å². The van der Waals surface area contributed by atoms with Gasteiger partial charge in [-0.1, -0.05) is 6.07 Å². The molecular weight excluding hydrogens is 292 g/mol. The minimum atomic E-state index is -3.51. The van der Waals surface area contributed by atoms with Gasteiger partial charge in [-0.25, -0.2) is 8.42 Å². The van der Waals surface area contributed by atoms with Crippen molar-refractivity contribution in [1.82, 2.24) is 5.32 Å². The average Bonchev–Trinajstić information content (AvgIpc) is 2.83. The fourth-order valence-corrected chi connectivity index (χ4v) is 4.12. The normalized spacial score (nSPS) is 11.6. The van der Waals surface area contributed by atoms with E-state index in [0.717, 1.165) is 16.0 Å². The van der Waals surface area contributed by atoms with Crippen molar-refractivity contribution in [1.29, 1.82) is 0 Å². The molecule has 0 saturated carbocycles. The molecule has 2 rings (SSSR count). The Hall–Kier alpha value is -1.37. The third-order valence-electron chi connectivity index (χ3n) is 3.05. The molecule has 1 heterocycles. The third-order valence-corrected chi connectivity index (χ3v) is 5.50. The first-order chi connectivity index (χ1) is 9.42. The number of anilines is 1. The van der Waals surface area contributed by atoms with Gasteiger partial charge >= 0.3 is 0 Å². The number of sulfonamides is 1. The zero-order valence-electron chi connectivity index (χ0n) is 11.7. The van der Waals surface area contributed by atoms with Gasteiger partial charge in [0.1, 0.15) is 0 Å². The average molecular weight is 310 g/mol. The number of aryl methyl sites for hydroxylation is 2. The first-order valence-corrected chi connectivity index (χ1v) is 8.61. The Morgan fingerprint density at radius 3 is 2.55 bits per heavy atom. The van der Waals surface area contributed by atoms with Crippen molar-refractivity contribution in [2.75, 3.05) is 11.8 Å². The molecule has 20 heavy (non-hydrogen) atoms. The summed E-state index contributed by atoms with van der Waals surface area (Å²) in [5, 5.41) is 4.67. The molecule has 0 aliphatic rings. The Bertz CT molecular complexity index is 706. The summed E-state index contributed by atoms with van der Waals surface area (Å²) < 4.78 is 27.2. The van der Waals surface area contributed by atoms with E-state index in [-0.39, 0.29) is 0 Å². The number of hydrogen-bond donors (Lipinski definition) is 2. The summed E-state index contributed by atoms with van der Waals surface area (Å²) in [7, 11) is -1.67. The second-order valence-electron chi connectivity index (χ2n) is 4.68. The maximum Gasteiger partial charge on any atom is 0.262 e. The first-order valence-electron chi connectivity index (χ1n) is 6.24. The molecule has 0 aliphatic heterocycles. The molecule has 4 nitrogen and oxygen atoms in total. The molecule has 0 aliphatic carbocycles. The third kappa shape index (κ3) is 3.39. The largest absolute Gasteiger partial charge is 0.315 e. The Morgan fingerprint density at radius 1 is 1.15 bits per heavy atom. The Balaban J connectivity index is 2.23. The first kappa shape index (κ1) is 15.0. The maximum atomic E-state index is 12.3. The van der Waals surface area contributed by atoms with E-state index in [4.69, 9.17) is 0 Å². The van der Waals surface area contributed by atoms with E-state index < -0.39 is 10.0 Å². The predicted octanol–water partition coefficient (Wildman–Crippen LogP) is 2.89. The van der Waals surface area contributed by atoms with Crippen LogP contribution >= 0.6 is 11.3 Å². The lowest BCUT2D eigenvalue weighted by atomic mass is 10.1. The van der Waals surface area contributed by atoms with Gasteiger partial charge in [0.15, 0.2) is 0 Å². The zero-order valence-corrected chi connectivity index (χ0v) is 13.4. The fraction of sp³-hybridized carbons (Fsp3) is 0.286. The van der Waals surface area contributed by atoms with Crippen LogP contribution in [-0.2, 0) is 16.6 Å². The summed E-state index contributed by atoms with van der Waals surface area (Å²) in [6.07, 6.45) is 0. The van der Waals surface area contributed by atoms with Crippen LogP contribution in [0.1, 0.15) is 16.0 Å². The second kappa shape index (κ2) is 5.95. The number of rotatable bonds is 5. The van der Waals surface area contributed by atoms with Crippen molar-refractivity contribution in [2.24, 2.45) is 0 Å². The van der Waals surface area contributed by atoms with E-state index in [2.05, 4.69) is 10.0 Å². The summed E-state index contributed by atoms with van der Waals surface area (Å²) >= 11 is 1.44. The van der Waals surface area contributed by atoms with Crippen molar-refractivity contribution >= 4 is 27.0 Å². The van der Waals surface area contributed by atoms with E-state index >= 15 is 0 Å². The number of hydrogen-bond acceptors (Lipinski definition) is 4. The van der Waals surface area contributed by atoms with Crippen molar-refractivity contribution in [2.45, 2.75) is 25.3 Å². The van der Waals surface area contributed by atoms with Crippen LogP contribution in [0.25, 0.3) is 0 Å². The molecule has 0 bridgehead atoms.